The Balaban J connectivity index is 1.95. The number of hydrogen-bond donors (Lipinski definition) is 1. The molecule has 0 heterocycles. The van der Waals surface area contributed by atoms with Crippen LogP contribution in [0.1, 0.15) is 30.0 Å². The van der Waals surface area contributed by atoms with Gasteiger partial charge in [0.15, 0.2) is 0 Å². The minimum Gasteiger partial charge on any atom is -0.449 e. The summed E-state index contributed by atoms with van der Waals surface area (Å²) in [5.74, 6) is 0. The van der Waals surface area contributed by atoms with E-state index in [1.54, 1.807) is 13.1 Å². The van der Waals surface area contributed by atoms with E-state index >= 15 is 0 Å². The van der Waals surface area contributed by atoms with Gasteiger partial charge < -0.3 is 4.74 Å². The summed E-state index contributed by atoms with van der Waals surface area (Å²) in [5, 5.41) is 3.84. The Morgan fingerprint density at radius 2 is 2.29 bits per heavy atom. The van der Waals surface area contributed by atoms with Crippen LogP contribution in [0, 0.1) is 0 Å². The van der Waals surface area contributed by atoms with Crippen LogP contribution >= 0.6 is 0 Å². The molecule has 0 aliphatic heterocycles. The molecular weight excluding hydrogens is 216 g/mol. The normalized spacial score (nSPS) is 13.7. The van der Waals surface area contributed by atoms with E-state index in [0.717, 1.165) is 12.0 Å². The second-order valence-corrected chi connectivity index (χ2v) is 3.97. The molecular formula is C13H16N2O2. The van der Waals surface area contributed by atoms with Gasteiger partial charge in [0.25, 0.3) is 0 Å². The fraction of sp³-hybridized carbons (Fsp3) is 0.385. The van der Waals surface area contributed by atoms with Gasteiger partial charge in [0, 0.05) is 0 Å². The summed E-state index contributed by atoms with van der Waals surface area (Å²) in [6.07, 6.45) is 4.66. The zero-order valence-electron chi connectivity index (χ0n) is 9.90. The van der Waals surface area contributed by atoms with E-state index in [1.807, 2.05) is 6.07 Å². The molecule has 0 spiro atoms. The van der Waals surface area contributed by atoms with Crippen molar-refractivity contribution in [3.63, 3.8) is 0 Å². The van der Waals surface area contributed by atoms with E-state index in [-0.39, 0.29) is 0 Å². The van der Waals surface area contributed by atoms with Crippen LogP contribution in [0.4, 0.5) is 4.79 Å². The Bertz CT molecular complexity index is 441. The number of ether oxygens (including phenoxy) is 1. The maximum atomic E-state index is 11.0. The van der Waals surface area contributed by atoms with Crippen LogP contribution in [0.2, 0.25) is 0 Å². The van der Waals surface area contributed by atoms with Crippen molar-refractivity contribution in [1.29, 1.82) is 0 Å². The lowest BCUT2D eigenvalue weighted by Gasteiger charge is -2.01. The predicted octanol–water partition coefficient (Wildman–Crippen LogP) is 2.26. The maximum Gasteiger partial charge on any atom is 0.427 e. The SMILES string of the molecule is CCOC(=O)N/N=C\c1ccc2c(c1)CCC2. The summed E-state index contributed by atoms with van der Waals surface area (Å²) in [5.41, 5.74) is 6.13. The predicted molar refractivity (Wildman–Crippen MR) is 66.2 cm³/mol. The van der Waals surface area contributed by atoms with Crippen LogP contribution in [-0.2, 0) is 17.6 Å². The van der Waals surface area contributed by atoms with Crippen LogP contribution < -0.4 is 5.43 Å². The smallest absolute Gasteiger partial charge is 0.427 e. The Hall–Kier alpha value is -1.84. The van der Waals surface area contributed by atoms with Crippen LogP contribution in [0.15, 0.2) is 23.3 Å². The summed E-state index contributed by atoms with van der Waals surface area (Å²) in [6, 6.07) is 6.27. The van der Waals surface area contributed by atoms with Crippen molar-refractivity contribution < 1.29 is 9.53 Å². The number of aryl methyl sites for hydroxylation is 2. The highest BCUT2D eigenvalue weighted by Crippen LogP contribution is 2.22. The first kappa shape index (κ1) is 11.6. The maximum absolute atomic E-state index is 11.0. The molecule has 0 unspecified atom stereocenters. The fourth-order valence-electron chi connectivity index (χ4n) is 1.99. The van der Waals surface area contributed by atoms with Gasteiger partial charge in [0.1, 0.15) is 0 Å². The average Bonchev–Trinajstić information content (AvgIpc) is 2.76. The topological polar surface area (TPSA) is 50.7 Å². The lowest BCUT2D eigenvalue weighted by atomic mass is 10.1. The van der Waals surface area contributed by atoms with Gasteiger partial charge in [-0.15, -0.1) is 0 Å². The second kappa shape index (κ2) is 5.48. The molecule has 4 nitrogen and oxygen atoms in total. The molecule has 0 bridgehead atoms. The second-order valence-electron chi connectivity index (χ2n) is 3.97. The van der Waals surface area contributed by atoms with Gasteiger partial charge in [-0.2, -0.15) is 5.10 Å². The van der Waals surface area contributed by atoms with Crippen LogP contribution in [0.25, 0.3) is 0 Å². The van der Waals surface area contributed by atoms with E-state index in [0.29, 0.717) is 6.61 Å². The van der Waals surface area contributed by atoms with Crippen LogP contribution in [-0.4, -0.2) is 18.9 Å². The van der Waals surface area contributed by atoms with Crippen molar-refractivity contribution in [2.75, 3.05) is 6.61 Å². The van der Waals surface area contributed by atoms with E-state index in [4.69, 9.17) is 4.74 Å². The first-order valence-electron chi connectivity index (χ1n) is 5.87. The Morgan fingerprint density at radius 1 is 1.47 bits per heavy atom. The number of benzene rings is 1. The van der Waals surface area contributed by atoms with E-state index in [9.17, 15) is 4.79 Å². The lowest BCUT2D eigenvalue weighted by Crippen LogP contribution is -2.18. The highest BCUT2D eigenvalue weighted by atomic mass is 16.5. The monoisotopic (exact) mass is 232 g/mol. The molecule has 0 fully saturated rings. The highest BCUT2D eigenvalue weighted by molar-refractivity contribution is 5.81. The van der Waals surface area contributed by atoms with Gasteiger partial charge in [0.2, 0.25) is 0 Å². The molecule has 1 aliphatic carbocycles. The first-order valence-corrected chi connectivity index (χ1v) is 5.87. The van der Waals surface area contributed by atoms with E-state index in [1.165, 1.54) is 24.0 Å². The van der Waals surface area contributed by atoms with Crippen molar-refractivity contribution in [3.05, 3.63) is 34.9 Å². The molecule has 0 aromatic heterocycles. The summed E-state index contributed by atoms with van der Waals surface area (Å²) in [6.45, 7) is 2.10. The Kier molecular flexibility index (Phi) is 3.75. The number of nitrogens with one attached hydrogen (secondary N) is 1. The Labute approximate surface area is 101 Å². The number of rotatable bonds is 3. The number of amides is 1. The number of carbonyl (C=O) groups excluding carboxylic acids is 1. The molecule has 0 saturated carbocycles. The number of nitrogens with zero attached hydrogens (tertiary/aromatic N) is 1. The molecule has 4 heteroatoms. The van der Waals surface area contributed by atoms with Gasteiger partial charge in [0.05, 0.1) is 12.8 Å². The molecule has 1 amide bonds. The third-order valence-corrected chi connectivity index (χ3v) is 2.77. The third-order valence-electron chi connectivity index (χ3n) is 2.77. The zero-order valence-corrected chi connectivity index (χ0v) is 9.90. The van der Waals surface area contributed by atoms with Gasteiger partial charge in [-0.25, -0.2) is 10.2 Å². The van der Waals surface area contributed by atoms with Crippen molar-refractivity contribution in [1.82, 2.24) is 5.43 Å². The quantitative estimate of drug-likeness (QED) is 0.642. The van der Waals surface area contributed by atoms with E-state index in [2.05, 4.69) is 22.7 Å². The van der Waals surface area contributed by atoms with Crippen LogP contribution in [0.5, 0.6) is 0 Å². The van der Waals surface area contributed by atoms with Gasteiger partial charge >= 0.3 is 6.09 Å². The number of hydrogen-bond acceptors (Lipinski definition) is 3. The van der Waals surface area contributed by atoms with Gasteiger partial charge in [-0.05, 0) is 48.9 Å². The number of fused-ring (bicyclic) bond motifs is 1. The largest absolute Gasteiger partial charge is 0.449 e. The van der Waals surface area contributed by atoms with Crippen molar-refractivity contribution in [3.8, 4) is 0 Å². The molecule has 17 heavy (non-hydrogen) atoms. The molecule has 1 aromatic rings. The van der Waals surface area contributed by atoms with Crippen molar-refractivity contribution >= 4 is 12.3 Å². The molecule has 2 rings (SSSR count). The summed E-state index contributed by atoms with van der Waals surface area (Å²) < 4.78 is 4.69. The minimum atomic E-state index is -0.523. The van der Waals surface area contributed by atoms with Gasteiger partial charge in [-0.3, -0.25) is 0 Å². The number of hydrazone groups is 1. The molecule has 90 valence electrons. The van der Waals surface area contributed by atoms with Gasteiger partial charge in [-0.1, -0.05) is 12.1 Å². The van der Waals surface area contributed by atoms with Crippen LogP contribution in [0.3, 0.4) is 0 Å². The first-order chi connectivity index (χ1) is 8.29. The fourth-order valence-corrected chi connectivity index (χ4v) is 1.99. The molecule has 1 aliphatic rings. The molecule has 0 atom stereocenters. The molecule has 0 saturated heterocycles. The molecule has 1 aromatic carbocycles. The summed E-state index contributed by atoms with van der Waals surface area (Å²) in [4.78, 5) is 11.0. The Morgan fingerprint density at radius 3 is 3.12 bits per heavy atom. The molecule has 0 radical (unpaired) electrons. The highest BCUT2D eigenvalue weighted by Gasteiger charge is 2.09. The minimum absolute atomic E-state index is 0.347. The van der Waals surface area contributed by atoms with Crippen molar-refractivity contribution in [2.24, 2.45) is 5.10 Å². The standard InChI is InChI=1S/C13H16N2O2/c1-2-17-13(16)15-14-9-10-6-7-11-4-3-5-12(11)8-10/h6-9H,2-5H2,1H3,(H,15,16)/b14-9-. The van der Waals surface area contributed by atoms with E-state index < -0.39 is 6.09 Å². The lowest BCUT2D eigenvalue weighted by molar-refractivity contribution is 0.152. The third kappa shape index (κ3) is 3.06. The summed E-state index contributed by atoms with van der Waals surface area (Å²) in [7, 11) is 0. The zero-order chi connectivity index (χ0) is 12.1. The summed E-state index contributed by atoms with van der Waals surface area (Å²) >= 11 is 0. The molecule has 1 N–H and O–H groups in total. The van der Waals surface area contributed by atoms with Crippen molar-refractivity contribution in [2.45, 2.75) is 26.2 Å². The average molecular weight is 232 g/mol. The number of carbonyl (C=O) groups is 1.